The van der Waals surface area contributed by atoms with Gasteiger partial charge in [0.25, 0.3) is 0 Å². The highest BCUT2D eigenvalue weighted by atomic mass is 15.2. The van der Waals surface area contributed by atoms with Gasteiger partial charge in [0.15, 0.2) is 5.96 Å². The van der Waals surface area contributed by atoms with Crippen molar-refractivity contribution >= 4 is 11.6 Å². The van der Waals surface area contributed by atoms with E-state index in [1.807, 2.05) is 7.05 Å². The Balaban J connectivity index is 1.54. The summed E-state index contributed by atoms with van der Waals surface area (Å²) in [6.07, 6.45) is 1.12. The monoisotopic (exact) mass is 393 g/mol. The average Bonchev–Trinajstić information content (AvgIpc) is 3.24. The number of nitrogens with zero attached hydrogens (tertiary/aromatic N) is 3. The molecule has 0 saturated carbocycles. The summed E-state index contributed by atoms with van der Waals surface area (Å²) in [6, 6.07) is 19.8. The van der Waals surface area contributed by atoms with Gasteiger partial charge in [-0.1, -0.05) is 56.3 Å². The predicted octanol–water partition coefficient (Wildman–Crippen LogP) is 3.47. The first-order valence-electron chi connectivity index (χ1n) is 10.8. The summed E-state index contributed by atoms with van der Waals surface area (Å²) in [5, 5.41) is 7.12. The van der Waals surface area contributed by atoms with E-state index in [1.54, 1.807) is 0 Å². The number of aliphatic imine (C=N–C) groups is 1. The molecular formula is C24H35N5. The molecule has 1 aliphatic heterocycles. The Hall–Kier alpha value is -2.53. The molecule has 0 amide bonds. The molecule has 0 aliphatic carbocycles. The van der Waals surface area contributed by atoms with Crippen LogP contribution in [0.3, 0.4) is 0 Å². The SMILES string of the molecule is CCN(CC)Cc1ccccc1CNC(=NC)NC1CCN(c2ccccc2)C1. The first-order chi connectivity index (χ1) is 14.2. The van der Waals surface area contributed by atoms with Gasteiger partial charge in [0, 0.05) is 45.0 Å². The lowest BCUT2D eigenvalue weighted by molar-refractivity contribution is 0.295. The average molecular weight is 394 g/mol. The van der Waals surface area contributed by atoms with Gasteiger partial charge in [-0.2, -0.15) is 0 Å². The van der Waals surface area contributed by atoms with Gasteiger partial charge in [0.05, 0.1) is 0 Å². The van der Waals surface area contributed by atoms with E-state index in [4.69, 9.17) is 0 Å². The zero-order chi connectivity index (χ0) is 20.5. The van der Waals surface area contributed by atoms with Crippen molar-refractivity contribution in [2.75, 3.05) is 38.1 Å². The quantitative estimate of drug-likeness (QED) is 0.532. The predicted molar refractivity (Wildman–Crippen MR) is 123 cm³/mol. The van der Waals surface area contributed by atoms with Gasteiger partial charge in [-0.15, -0.1) is 0 Å². The van der Waals surface area contributed by atoms with Crippen LogP contribution in [0.2, 0.25) is 0 Å². The molecule has 2 aromatic rings. The number of guanidine groups is 1. The normalized spacial score (nSPS) is 17.0. The number of para-hydroxylation sites is 1. The van der Waals surface area contributed by atoms with Crippen LogP contribution in [-0.2, 0) is 13.1 Å². The van der Waals surface area contributed by atoms with Gasteiger partial charge >= 0.3 is 0 Å². The minimum absolute atomic E-state index is 0.410. The summed E-state index contributed by atoms with van der Waals surface area (Å²) in [5.74, 6) is 0.877. The van der Waals surface area contributed by atoms with E-state index >= 15 is 0 Å². The summed E-state index contributed by atoms with van der Waals surface area (Å²) in [6.45, 7) is 10.4. The number of hydrogen-bond acceptors (Lipinski definition) is 3. The van der Waals surface area contributed by atoms with E-state index in [-0.39, 0.29) is 0 Å². The fourth-order valence-corrected chi connectivity index (χ4v) is 3.89. The van der Waals surface area contributed by atoms with Crippen molar-refractivity contribution in [1.29, 1.82) is 0 Å². The molecule has 0 spiro atoms. The Bertz CT molecular complexity index is 770. The third kappa shape index (κ3) is 5.97. The summed E-state index contributed by atoms with van der Waals surface area (Å²) < 4.78 is 0. The molecule has 0 bridgehead atoms. The van der Waals surface area contributed by atoms with Gasteiger partial charge < -0.3 is 15.5 Å². The van der Waals surface area contributed by atoms with Crippen molar-refractivity contribution in [3.63, 3.8) is 0 Å². The number of anilines is 1. The molecule has 0 aromatic heterocycles. The molecule has 1 unspecified atom stereocenters. The largest absolute Gasteiger partial charge is 0.369 e. The van der Waals surface area contributed by atoms with Crippen LogP contribution in [0.5, 0.6) is 0 Å². The van der Waals surface area contributed by atoms with Gasteiger partial charge in [0.2, 0.25) is 0 Å². The highest BCUT2D eigenvalue weighted by Crippen LogP contribution is 2.19. The fourth-order valence-electron chi connectivity index (χ4n) is 3.89. The van der Waals surface area contributed by atoms with Crippen molar-refractivity contribution in [3.05, 3.63) is 65.7 Å². The molecule has 1 heterocycles. The standard InChI is InChI=1S/C24H35N5/c1-4-28(5-2)18-21-12-10-9-11-20(21)17-26-24(25-3)27-22-15-16-29(19-22)23-13-7-6-8-14-23/h6-14,22H,4-5,15-19H2,1-3H3,(H2,25,26,27). The molecular weight excluding hydrogens is 358 g/mol. The molecule has 5 heteroatoms. The zero-order valence-electron chi connectivity index (χ0n) is 18.1. The molecule has 2 aromatic carbocycles. The lowest BCUT2D eigenvalue weighted by Crippen LogP contribution is -2.44. The summed E-state index contributed by atoms with van der Waals surface area (Å²) >= 11 is 0. The van der Waals surface area contributed by atoms with E-state index in [9.17, 15) is 0 Å². The maximum absolute atomic E-state index is 4.45. The number of hydrogen-bond donors (Lipinski definition) is 2. The summed E-state index contributed by atoms with van der Waals surface area (Å²) in [4.78, 5) is 9.33. The molecule has 29 heavy (non-hydrogen) atoms. The van der Waals surface area contributed by atoms with Crippen LogP contribution in [0.1, 0.15) is 31.4 Å². The van der Waals surface area contributed by atoms with Crippen LogP contribution < -0.4 is 15.5 Å². The zero-order valence-corrected chi connectivity index (χ0v) is 18.1. The summed E-state index contributed by atoms with van der Waals surface area (Å²) in [5.41, 5.74) is 4.01. The van der Waals surface area contributed by atoms with Gasteiger partial charge in [-0.05, 0) is 42.8 Å². The van der Waals surface area contributed by atoms with Crippen molar-refractivity contribution in [2.45, 2.75) is 39.4 Å². The Labute approximate surface area is 175 Å². The Morgan fingerprint density at radius 1 is 1.03 bits per heavy atom. The van der Waals surface area contributed by atoms with Crippen LogP contribution in [0, 0.1) is 0 Å². The molecule has 1 fully saturated rings. The minimum atomic E-state index is 0.410. The number of rotatable bonds is 8. The van der Waals surface area contributed by atoms with Gasteiger partial charge in [-0.3, -0.25) is 9.89 Å². The van der Waals surface area contributed by atoms with E-state index in [1.165, 1.54) is 16.8 Å². The minimum Gasteiger partial charge on any atom is -0.369 e. The van der Waals surface area contributed by atoms with Crippen LogP contribution in [0.15, 0.2) is 59.6 Å². The molecule has 0 radical (unpaired) electrons. The highest BCUT2D eigenvalue weighted by Gasteiger charge is 2.23. The fraction of sp³-hybridized carbons (Fsp3) is 0.458. The first kappa shape index (κ1) is 21.2. The van der Waals surface area contributed by atoms with Crippen LogP contribution in [0.25, 0.3) is 0 Å². The molecule has 3 rings (SSSR count). The number of benzene rings is 2. The molecule has 1 aliphatic rings. The smallest absolute Gasteiger partial charge is 0.191 e. The third-order valence-electron chi connectivity index (χ3n) is 5.73. The molecule has 2 N–H and O–H groups in total. The molecule has 1 atom stereocenters. The van der Waals surface area contributed by atoms with E-state index in [0.717, 1.165) is 51.6 Å². The second-order valence-corrected chi connectivity index (χ2v) is 7.57. The van der Waals surface area contributed by atoms with Crippen molar-refractivity contribution in [1.82, 2.24) is 15.5 Å². The first-order valence-corrected chi connectivity index (χ1v) is 10.8. The highest BCUT2D eigenvalue weighted by molar-refractivity contribution is 5.80. The number of nitrogens with one attached hydrogen (secondary N) is 2. The lowest BCUT2D eigenvalue weighted by Gasteiger charge is -2.22. The maximum atomic E-state index is 4.45. The molecule has 156 valence electrons. The Morgan fingerprint density at radius 2 is 1.72 bits per heavy atom. The lowest BCUT2D eigenvalue weighted by atomic mass is 10.1. The van der Waals surface area contributed by atoms with Gasteiger partial charge in [-0.25, -0.2) is 0 Å². The maximum Gasteiger partial charge on any atom is 0.191 e. The van der Waals surface area contributed by atoms with E-state index in [0.29, 0.717) is 6.04 Å². The van der Waals surface area contributed by atoms with Crippen LogP contribution >= 0.6 is 0 Å². The van der Waals surface area contributed by atoms with Crippen LogP contribution in [-0.4, -0.2) is 50.1 Å². The van der Waals surface area contributed by atoms with E-state index in [2.05, 4.69) is 93.9 Å². The van der Waals surface area contributed by atoms with Crippen molar-refractivity contribution in [2.24, 2.45) is 4.99 Å². The second kappa shape index (κ2) is 10.9. The third-order valence-corrected chi connectivity index (χ3v) is 5.73. The van der Waals surface area contributed by atoms with Crippen molar-refractivity contribution < 1.29 is 0 Å². The summed E-state index contributed by atoms with van der Waals surface area (Å²) in [7, 11) is 1.85. The van der Waals surface area contributed by atoms with Crippen molar-refractivity contribution in [3.8, 4) is 0 Å². The topological polar surface area (TPSA) is 42.9 Å². The Kier molecular flexibility index (Phi) is 7.94. The molecule has 5 nitrogen and oxygen atoms in total. The second-order valence-electron chi connectivity index (χ2n) is 7.57. The Morgan fingerprint density at radius 3 is 2.41 bits per heavy atom. The van der Waals surface area contributed by atoms with Gasteiger partial charge in [0.1, 0.15) is 0 Å². The van der Waals surface area contributed by atoms with E-state index < -0.39 is 0 Å². The molecule has 1 saturated heterocycles. The van der Waals surface area contributed by atoms with Crippen LogP contribution in [0.4, 0.5) is 5.69 Å².